The van der Waals surface area contributed by atoms with Gasteiger partial charge >= 0.3 is 5.97 Å². The summed E-state index contributed by atoms with van der Waals surface area (Å²) in [6.45, 7) is 3.72. The molecule has 0 spiro atoms. The smallest absolute Gasteiger partial charge is 0.307 e. The molecule has 2 fully saturated rings. The number of aliphatic carboxylic acids is 1. The Labute approximate surface area is 123 Å². The molecule has 118 valence electrons. The molecule has 0 aromatic rings. The van der Waals surface area contributed by atoms with Crippen LogP contribution in [0, 0.1) is 11.8 Å². The van der Waals surface area contributed by atoms with E-state index in [9.17, 15) is 14.4 Å². The lowest BCUT2D eigenvalue weighted by Crippen LogP contribution is -2.51. The molecule has 7 nitrogen and oxygen atoms in total. The number of carbonyl (C=O) groups is 3. The number of nitrogens with one attached hydrogen (secondary N) is 1. The highest BCUT2D eigenvalue weighted by Crippen LogP contribution is 2.32. The van der Waals surface area contributed by atoms with Crippen LogP contribution in [0.3, 0.4) is 0 Å². The van der Waals surface area contributed by atoms with Crippen LogP contribution in [0.5, 0.6) is 0 Å². The van der Waals surface area contributed by atoms with E-state index < -0.39 is 23.8 Å². The summed E-state index contributed by atoms with van der Waals surface area (Å²) in [4.78, 5) is 37.2. The van der Waals surface area contributed by atoms with E-state index in [1.165, 1.54) is 0 Å². The molecule has 1 heterocycles. The molecule has 3 atom stereocenters. The van der Waals surface area contributed by atoms with Gasteiger partial charge in [-0.15, -0.1) is 0 Å². The molecule has 0 bridgehead atoms. The zero-order valence-corrected chi connectivity index (χ0v) is 12.2. The van der Waals surface area contributed by atoms with Crippen LogP contribution >= 0.6 is 0 Å². The van der Waals surface area contributed by atoms with Gasteiger partial charge in [-0.3, -0.25) is 14.4 Å². The van der Waals surface area contributed by atoms with Gasteiger partial charge < -0.3 is 20.1 Å². The molecule has 1 aliphatic heterocycles. The number of nitrogens with zero attached hydrogens (tertiary/aromatic N) is 1. The fourth-order valence-electron chi connectivity index (χ4n) is 3.01. The predicted octanol–water partition coefficient (Wildman–Crippen LogP) is -0.149. The lowest BCUT2D eigenvalue weighted by atomic mass is 9.95. The van der Waals surface area contributed by atoms with Crippen molar-refractivity contribution >= 4 is 17.8 Å². The number of carboxylic acids is 1. The highest BCUT2D eigenvalue weighted by atomic mass is 16.5. The Kier molecular flexibility index (Phi) is 5.17. The molecule has 2 N–H and O–H groups in total. The summed E-state index contributed by atoms with van der Waals surface area (Å²) in [5, 5.41) is 11.8. The fourth-order valence-corrected chi connectivity index (χ4v) is 3.01. The van der Waals surface area contributed by atoms with Crippen LogP contribution in [0.15, 0.2) is 0 Å². The van der Waals surface area contributed by atoms with E-state index in [2.05, 4.69) is 5.32 Å². The van der Waals surface area contributed by atoms with Gasteiger partial charge in [-0.25, -0.2) is 0 Å². The van der Waals surface area contributed by atoms with Crippen molar-refractivity contribution in [3.05, 3.63) is 0 Å². The largest absolute Gasteiger partial charge is 0.481 e. The van der Waals surface area contributed by atoms with E-state index >= 15 is 0 Å². The summed E-state index contributed by atoms with van der Waals surface area (Å²) < 4.78 is 5.19. The van der Waals surface area contributed by atoms with Crippen molar-refractivity contribution in [2.45, 2.75) is 32.2 Å². The number of carboxylic acid groups (broad SMARTS) is 1. The van der Waals surface area contributed by atoms with Crippen LogP contribution in [0.2, 0.25) is 0 Å². The van der Waals surface area contributed by atoms with Crippen LogP contribution in [0.25, 0.3) is 0 Å². The van der Waals surface area contributed by atoms with E-state index in [0.29, 0.717) is 39.1 Å². The summed E-state index contributed by atoms with van der Waals surface area (Å²) in [5.41, 5.74) is 0. The number of amides is 2. The average Bonchev–Trinajstić information content (AvgIpc) is 2.97. The maximum Gasteiger partial charge on any atom is 0.307 e. The second-order valence-corrected chi connectivity index (χ2v) is 5.65. The highest BCUT2D eigenvalue weighted by Gasteiger charge is 2.38. The Balaban J connectivity index is 1.89. The Hall–Kier alpha value is -1.63. The monoisotopic (exact) mass is 298 g/mol. The minimum atomic E-state index is -0.931. The molecule has 2 aliphatic rings. The third-order valence-electron chi connectivity index (χ3n) is 4.22. The zero-order valence-electron chi connectivity index (χ0n) is 12.2. The van der Waals surface area contributed by atoms with E-state index in [1.54, 1.807) is 11.8 Å². The molecule has 7 heteroatoms. The minimum absolute atomic E-state index is 0.142. The Morgan fingerprint density at radius 3 is 2.43 bits per heavy atom. The number of rotatable bonds is 4. The van der Waals surface area contributed by atoms with Gasteiger partial charge in [0.1, 0.15) is 6.04 Å². The molecule has 1 saturated carbocycles. The topological polar surface area (TPSA) is 95.9 Å². The van der Waals surface area contributed by atoms with Crippen molar-refractivity contribution in [1.29, 1.82) is 0 Å². The summed E-state index contributed by atoms with van der Waals surface area (Å²) in [6, 6.07) is -0.634. The van der Waals surface area contributed by atoms with Crippen molar-refractivity contribution < 1.29 is 24.2 Å². The van der Waals surface area contributed by atoms with Crippen LogP contribution < -0.4 is 5.32 Å². The fraction of sp³-hybridized carbons (Fsp3) is 0.786. The van der Waals surface area contributed by atoms with E-state index in [0.717, 1.165) is 6.42 Å². The van der Waals surface area contributed by atoms with Gasteiger partial charge in [-0.05, 0) is 19.8 Å². The highest BCUT2D eigenvalue weighted by molar-refractivity contribution is 5.90. The van der Waals surface area contributed by atoms with E-state index in [-0.39, 0.29) is 11.8 Å². The first-order chi connectivity index (χ1) is 10.0. The van der Waals surface area contributed by atoms with Crippen LogP contribution in [-0.4, -0.2) is 60.1 Å². The van der Waals surface area contributed by atoms with Crippen molar-refractivity contribution in [3.8, 4) is 0 Å². The quantitative estimate of drug-likeness (QED) is 0.752. The molecule has 0 aromatic heterocycles. The molecule has 21 heavy (non-hydrogen) atoms. The van der Waals surface area contributed by atoms with E-state index in [4.69, 9.17) is 9.84 Å². The van der Waals surface area contributed by atoms with Gasteiger partial charge in [0.05, 0.1) is 25.0 Å². The minimum Gasteiger partial charge on any atom is -0.481 e. The maximum atomic E-state index is 12.2. The lowest BCUT2D eigenvalue weighted by Gasteiger charge is -2.30. The number of hydrogen-bond acceptors (Lipinski definition) is 4. The van der Waals surface area contributed by atoms with Crippen LogP contribution in [-0.2, 0) is 19.1 Å². The molecular formula is C14H22N2O5. The van der Waals surface area contributed by atoms with E-state index in [1.807, 2.05) is 0 Å². The molecule has 0 radical (unpaired) electrons. The molecular weight excluding hydrogens is 276 g/mol. The second-order valence-electron chi connectivity index (χ2n) is 5.65. The van der Waals surface area contributed by atoms with Crippen molar-refractivity contribution in [2.75, 3.05) is 26.3 Å². The summed E-state index contributed by atoms with van der Waals surface area (Å²) >= 11 is 0. The average molecular weight is 298 g/mol. The molecule has 0 aromatic carbocycles. The van der Waals surface area contributed by atoms with Gasteiger partial charge in [0.15, 0.2) is 0 Å². The Morgan fingerprint density at radius 1 is 1.19 bits per heavy atom. The predicted molar refractivity (Wildman–Crippen MR) is 73.5 cm³/mol. The summed E-state index contributed by atoms with van der Waals surface area (Å²) in [7, 11) is 0. The lowest BCUT2D eigenvalue weighted by molar-refractivity contribution is -0.146. The Bertz CT molecular complexity index is 420. The normalized spacial score (nSPS) is 27.2. The van der Waals surface area contributed by atoms with Gasteiger partial charge in [0.25, 0.3) is 0 Å². The molecule has 2 rings (SSSR count). The van der Waals surface area contributed by atoms with Crippen LogP contribution in [0.1, 0.15) is 26.2 Å². The molecule has 3 unspecified atom stereocenters. The first-order valence-corrected chi connectivity index (χ1v) is 7.40. The molecule has 1 aliphatic carbocycles. The molecule has 2 amide bonds. The number of ether oxygens (including phenoxy) is 1. The third kappa shape index (κ3) is 3.72. The standard InChI is InChI=1S/C14H22N2O5/c1-9(13(18)16-5-7-21-8-6-16)15-12(17)10-3-2-4-11(10)14(19)20/h9-11H,2-8H2,1H3,(H,15,17)(H,19,20). The van der Waals surface area contributed by atoms with Gasteiger partial charge in [0.2, 0.25) is 11.8 Å². The SMILES string of the molecule is CC(NC(=O)C1CCCC1C(=O)O)C(=O)N1CCOCC1. The van der Waals surface area contributed by atoms with Gasteiger partial charge in [-0.2, -0.15) is 0 Å². The summed E-state index contributed by atoms with van der Waals surface area (Å²) in [6.07, 6.45) is 1.83. The van der Waals surface area contributed by atoms with Crippen molar-refractivity contribution in [2.24, 2.45) is 11.8 Å². The number of hydrogen-bond donors (Lipinski definition) is 2. The first-order valence-electron chi connectivity index (χ1n) is 7.40. The summed E-state index contributed by atoms with van der Waals surface area (Å²) in [5.74, 6) is -2.55. The van der Waals surface area contributed by atoms with Crippen LogP contribution in [0.4, 0.5) is 0 Å². The molecule has 1 saturated heterocycles. The second kappa shape index (κ2) is 6.89. The first kappa shape index (κ1) is 15.8. The maximum absolute atomic E-state index is 12.2. The van der Waals surface area contributed by atoms with Crippen molar-refractivity contribution in [3.63, 3.8) is 0 Å². The number of morpholine rings is 1. The van der Waals surface area contributed by atoms with Crippen molar-refractivity contribution in [1.82, 2.24) is 10.2 Å². The Morgan fingerprint density at radius 2 is 1.81 bits per heavy atom. The zero-order chi connectivity index (χ0) is 15.4. The third-order valence-corrected chi connectivity index (χ3v) is 4.22. The van der Waals surface area contributed by atoms with Gasteiger partial charge in [0, 0.05) is 13.1 Å². The number of carbonyl (C=O) groups excluding carboxylic acids is 2. The van der Waals surface area contributed by atoms with Gasteiger partial charge in [-0.1, -0.05) is 6.42 Å².